The summed E-state index contributed by atoms with van der Waals surface area (Å²) in [5.41, 5.74) is 0. The molecule has 0 aliphatic heterocycles. The lowest BCUT2D eigenvalue weighted by atomic mass is 9.90. The lowest BCUT2D eigenvalue weighted by Gasteiger charge is -2.13. The maximum atomic E-state index is 12.3. The third-order valence-electron chi connectivity index (χ3n) is 9.58. The molecule has 2 rings (SSSR count). The van der Waals surface area contributed by atoms with Gasteiger partial charge < -0.3 is 20.8 Å². The zero-order valence-corrected chi connectivity index (χ0v) is 31.4. The lowest BCUT2D eigenvalue weighted by Crippen LogP contribution is -2.29. The molecule has 6 atom stereocenters. The Balaban J connectivity index is 1.48. The topological polar surface area (TPSA) is 133 Å². The molecule has 0 aromatic carbocycles. The van der Waals surface area contributed by atoms with Gasteiger partial charge in [-0.25, -0.2) is 0 Å². The smallest absolute Gasteiger partial charge is 0.220 e. The average Bonchev–Trinajstić information content (AvgIpc) is 3.65. The van der Waals surface area contributed by atoms with Crippen LogP contribution < -0.4 is 10.6 Å². The van der Waals surface area contributed by atoms with Crippen LogP contribution in [-0.4, -0.2) is 58.9 Å². The fraction of sp³-hybridized carbons (Fsp3) is 0.628. The molecule has 0 saturated heterocycles. The second-order valence-corrected chi connectivity index (χ2v) is 14.1. The minimum absolute atomic E-state index is 0.00772. The summed E-state index contributed by atoms with van der Waals surface area (Å²) in [7, 11) is 0. The summed E-state index contributed by atoms with van der Waals surface area (Å²) >= 11 is 0. The van der Waals surface area contributed by atoms with Crippen molar-refractivity contribution in [1.29, 1.82) is 0 Å². The molecule has 2 aliphatic rings. The number of rotatable bonds is 28. The predicted molar refractivity (Wildman–Crippen MR) is 207 cm³/mol. The molecule has 8 heteroatoms. The third-order valence-corrected chi connectivity index (χ3v) is 9.58. The Labute approximate surface area is 307 Å². The molecular weight excluding hydrogens is 640 g/mol. The predicted octanol–water partition coefficient (Wildman–Crippen LogP) is 7.58. The first-order chi connectivity index (χ1) is 24.7. The van der Waals surface area contributed by atoms with Crippen molar-refractivity contribution in [1.82, 2.24) is 10.6 Å². The SMILES string of the molecule is CCCCC[C@H](O)C=C[C@H]1C(=O)C=C[C@@H]1CC=CCCCC(=O)NCCCNC(=O)CCCC=CC[C@H]1C=CC(=O)[C@@H]1C=C[C@@H](O)CCCCC. The number of unbranched alkanes of at least 4 members (excludes halogenated alkanes) is 6. The van der Waals surface area contributed by atoms with Crippen LogP contribution in [0.1, 0.15) is 123 Å². The van der Waals surface area contributed by atoms with E-state index in [1.807, 2.05) is 24.3 Å². The van der Waals surface area contributed by atoms with E-state index in [1.165, 1.54) is 0 Å². The van der Waals surface area contributed by atoms with Gasteiger partial charge in [-0.3, -0.25) is 19.2 Å². The van der Waals surface area contributed by atoms with Gasteiger partial charge in [0.1, 0.15) is 0 Å². The number of carbonyl (C=O) groups excluding carboxylic acids is 4. The Morgan fingerprint density at radius 1 is 0.647 bits per heavy atom. The van der Waals surface area contributed by atoms with Gasteiger partial charge in [0.25, 0.3) is 0 Å². The molecule has 0 aromatic heterocycles. The Kier molecular flexibility index (Phi) is 23.5. The minimum atomic E-state index is -0.499. The Morgan fingerprint density at radius 3 is 1.49 bits per heavy atom. The number of ketones is 2. The number of allylic oxidation sites excluding steroid dienone is 10. The quantitative estimate of drug-likeness (QED) is 0.0490. The van der Waals surface area contributed by atoms with Crippen LogP contribution in [0.5, 0.6) is 0 Å². The molecule has 2 amide bonds. The molecule has 2 aliphatic carbocycles. The number of carbonyl (C=O) groups is 4. The first-order valence-corrected chi connectivity index (χ1v) is 19.7. The van der Waals surface area contributed by atoms with Gasteiger partial charge in [0.15, 0.2) is 11.6 Å². The number of hydrogen-bond donors (Lipinski definition) is 4. The summed E-state index contributed by atoms with van der Waals surface area (Å²) in [6.45, 7) is 5.31. The normalized spacial score (nSPS) is 21.6. The highest BCUT2D eigenvalue weighted by atomic mass is 16.3. The van der Waals surface area contributed by atoms with Crippen LogP contribution >= 0.6 is 0 Å². The van der Waals surface area contributed by atoms with Gasteiger partial charge >= 0.3 is 0 Å². The van der Waals surface area contributed by atoms with E-state index in [1.54, 1.807) is 24.3 Å². The van der Waals surface area contributed by atoms with Gasteiger partial charge in [-0.2, -0.15) is 0 Å². The summed E-state index contributed by atoms with van der Waals surface area (Å²) in [5, 5.41) is 26.1. The monoisotopic (exact) mass is 706 g/mol. The molecule has 0 saturated carbocycles. The van der Waals surface area contributed by atoms with E-state index < -0.39 is 12.2 Å². The summed E-state index contributed by atoms with van der Waals surface area (Å²) in [4.78, 5) is 48.9. The number of hydrogen-bond acceptors (Lipinski definition) is 6. The molecule has 0 radical (unpaired) electrons. The molecule has 0 heterocycles. The van der Waals surface area contributed by atoms with Crippen molar-refractivity contribution < 1.29 is 29.4 Å². The highest BCUT2D eigenvalue weighted by molar-refractivity contribution is 5.96. The van der Waals surface area contributed by atoms with Crippen LogP contribution in [0.4, 0.5) is 0 Å². The maximum absolute atomic E-state index is 12.3. The van der Waals surface area contributed by atoms with E-state index in [0.717, 1.165) is 89.9 Å². The van der Waals surface area contributed by atoms with E-state index in [0.29, 0.717) is 32.4 Å². The maximum Gasteiger partial charge on any atom is 0.220 e. The van der Waals surface area contributed by atoms with E-state index >= 15 is 0 Å². The van der Waals surface area contributed by atoms with Gasteiger partial charge in [0.2, 0.25) is 11.8 Å². The van der Waals surface area contributed by atoms with E-state index in [-0.39, 0.29) is 47.1 Å². The van der Waals surface area contributed by atoms with Crippen molar-refractivity contribution in [2.45, 2.75) is 135 Å². The fourth-order valence-electron chi connectivity index (χ4n) is 6.37. The Morgan fingerprint density at radius 2 is 1.08 bits per heavy atom. The van der Waals surface area contributed by atoms with E-state index in [9.17, 15) is 29.4 Å². The minimum Gasteiger partial charge on any atom is -0.389 e. The summed E-state index contributed by atoms with van der Waals surface area (Å²) < 4.78 is 0. The second-order valence-electron chi connectivity index (χ2n) is 14.1. The molecule has 8 nitrogen and oxygen atoms in total. The zero-order chi connectivity index (χ0) is 37.1. The summed E-state index contributed by atoms with van der Waals surface area (Å²) in [6, 6.07) is 0. The van der Waals surface area contributed by atoms with Crippen molar-refractivity contribution in [2.75, 3.05) is 13.1 Å². The fourth-order valence-corrected chi connectivity index (χ4v) is 6.37. The van der Waals surface area contributed by atoms with Crippen LogP contribution in [0.15, 0.2) is 72.9 Å². The first-order valence-electron chi connectivity index (χ1n) is 19.7. The van der Waals surface area contributed by atoms with Gasteiger partial charge in [-0.15, -0.1) is 0 Å². The standard InChI is InChI=1S/C43H66N2O6/c1-3-5-11-20-36(46)26-28-38-34(24-30-40(38)48)18-13-7-9-15-22-42(50)44-32-17-33-45-43(51)23-16-10-8-14-19-35-25-31-41(49)39(35)29-27-37(47)21-12-6-4-2/h7-8,13-14,24-31,34-39,46-47H,3-6,9-12,15-23,32-33H2,1-2H3,(H,44,50)(H,45,51)/t34-,35-,36-,37-,38+,39+/m0/s1. The highest BCUT2D eigenvalue weighted by Crippen LogP contribution is 2.29. The zero-order valence-electron chi connectivity index (χ0n) is 31.4. The highest BCUT2D eigenvalue weighted by Gasteiger charge is 2.28. The van der Waals surface area contributed by atoms with Gasteiger partial charge in [-0.05, 0) is 81.8 Å². The Hall–Kier alpha value is -3.36. The van der Waals surface area contributed by atoms with Crippen LogP contribution in [0.2, 0.25) is 0 Å². The summed E-state index contributed by atoms with van der Waals surface area (Å²) in [5.74, 6) is -0.0136. The molecule has 0 fully saturated rings. The number of nitrogens with one attached hydrogen (secondary N) is 2. The van der Waals surface area contributed by atoms with Gasteiger partial charge in [0.05, 0.1) is 12.2 Å². The number of aliphatic hydroxyl groups is 2. The molecule has 0 spiro atoms. The second kappa shape index (κ2) is 27.3. The van der Waals surface area contributed by atoms with Gasteiger partial charge in [0, 0.05) is 37.8 Å². The molecular formula is C43H66N2O6. The van der Waals surface area contributed by atoms with Crippen LogP contribution in [0.25, 0.3) is 0 Å². The molecule has 284 valence electrons. The molecule has 0 unspecified atom stereocenters. The first kappa shape index (κ1) is 43.8. The van der Waals surface area contributed by atoms with Crippen molar-refractivity contribution in [3.05, 3.63) is 72.9 Å². The van der Waals surface area contributed by atoms with Crippen LogP contribution in [0.3, 0.4) is 0 Å². The third kappa shape index (κ3) is 19.7. The molecule has 4 N–H and O–H groups in total. The van der Waals surface area contributed by atoms with Crippen molar-refractivity contribution in [3.8, 4) is 0 Å². The lowest BCUT2D eigenvalue weighted by molar-refractivity contribution is -0.121. The number of amides is 2. The van der Waals surface area contributed by atoms with E-state index in [2.05, 4.69) is 48.8 Å². The van der Waals surface area contributed by atoms with Crippen LogP contribution in [-0.2, 0) is 19.2 Å². The largest absolute Gasteiger partial charge is 0.389 e. The van der Waals surface area contributed by atoms with Gasteiger partial charge in [-0.1, -0.05) is 113 Å². The Bertz CT molecular complexity index is 1120. The van der Waals surface area contributed by atoms with E-state index in [4.69, 9.17) is 0 Å². The number of aliphatic hydroxyl groups excluding tert-OH is 2. The van der Waals surface area contributed by atoms with Crippen molar-refractivity contribution in [2.24, 2.45) is 23.7 Å². The van der Waals surface area contributed by atoms with Crippen molar-refractivity contribution >= 4 is 23.4 Å². The molecule has 51 heavy (non-hydrogen) atoms. The van der Waals surface area contributed by atoms with Crippen molar-refractivity contribution in [3.63, 3.8) is 0 Å². The summed E-state index contributed by atoms with van der Waals surface area (Å²) in [6.07, 6.45) is 35.8. The molecule has 0 aromatic rings. The van der Waals surface area contributed by atoms with Crippen LogP contribution in [0, 0.1) is 23.7 Å². The molecule has 0 bridgehead atoms. The average molecular weight is 707 g/mol.